The molecule has 110 valence electrons. The van der Waals surface area contributed by atoms with Gasteiger partial charge in [-0.2, -0.15) is 0 Å². The molecular weight excluding hydrogens is 254 g/mol. The largest absolute Gasteiger partial charge is 0.392 e. The molecule has 1 heterocycles. The van der Waals surface area contributed by atoms with Gasteiger partial charge in [0, 0.05) is 12.6 Å². The highest BCUT2D eigenvalue weighted by Gasteiger charge is 2.25. The van der Waals surface area contributed by atoms with Crippen molar-refractivity contribution in [1.29, 1.82) is 0 Å². The van der Waals surface area contributed by atoms with Crippen LogP contribution >= 0.6 is 0 Å². The van der Waals surface area contributed by atoms with E-state index in [-0.39, 0.29) is 18.7 Å². The summed E-state index contributed by atoms with van der Waals surface area (Å²) in [6.07, 6.45) is 1.93. The molecule has 3 N–H and O–H groups in total. The number of amides is 2. The van der Waals surface area contributed by atoms with Gasteiger partial charge in [0.05, 0.1) is 6.61 Å². The Balaban J connectivity index is 2.03. The molecule has 1 aliphatic rings. The second-order valence-corrected chi connectivity index (χ2v) is 5.48. The maximum atomic E-state index is 11.7. The lowest BCUT2D eigenvalue weighted by Crippen LogP contribution is -2.48. The van der Waals surface area contributed by atoms with Gasteiger partial charge in [0.25, 0.3) is 0 Å². The van der Waals surface area contributed by atoms with E-state index in [4.69, 9.17) is 10.8 Å². The number of piperidine rings is 1. The van der Waals surface area contributed by atoms with Gasteiger partial charge in [-0.15, -0.1) is 0 Å². The number of aliphatic hydroxyl groups is 1. The molecule has 0 radical (unpaired) electrons. The Morgan fingerprint density at radius 3 is 2.35 bits per heavy atom. The first-order chi connectivity index (χ1) is 9.60. The number of nitrogens with zero attached hydrogens (tertiary/aromatic N) is 2. The first-order valence-electron chi connectivity index (χ1n) is 7.03. The molecule has 0 aliphatic carbocycles. The van der Waals surface area contributed by atoms with Gasteiger partial charge in [0.15, 0.2) is 0 Å². The molecule has 1 saturated heterocycles. The summed E-state index contributed by atoms with van der Waals surface area (Å²) in [5, 5.41) is 9.04. The van der Waals surface area contributed by atoms with Crippen molar-refractivity contribution < 1.29 is 9.90 Å². The standard InChI is InChI=1S/C15H23N3O2/c1-17-8-6-14(7-9-17)18(15(16)20)10-12-2-4-13(11-19)5-3-12/h2-5,14,19H,6-11H2,1H3,(H2,16,20). The predicted octanol–water partition coefficient (Wildman–Crippen LogP) is 1.15. The van der Waals surface area contributed by atoms with Crippen molar-refractivity contribution in [2.45, 2.75) is 32.0 Å². The number of rotatable bonds is 4. The zero-order valence-electron chi connectivity index (χ0n) is 12.0. The number of aliphatic hydroxyl groups excluding tert-OH is 1. The zero-order chi connectivity index (χ0) is 14.5. The first kappa shape index (κ1) is 14.8. The zero-order valence-corrected chi connectivity index (χ0v) is 12.0. The molecule has 1 fully saturated rings. The second kappa shape index (κ2) is 6.72. The SMILES string of the molecule is CN1CCC(N(Cc2ccc(CO)cc2)C(N)=O)CC1. The summed E-state index contributed by atoms with van der Waals surface area (Å²) in [5.74, 6) is 0. The summed E-state index contributed by atoms with van der Waals surface area (Å²) < 4.78 is 0. The number of urea groups is 1. The van der Waals surface area contributed by atoms with E-state index in [0.717, 1.165) is 37.1 Å². The van der Waals surface area contributed by atoms with Gasteiger partial charge < -0.3 is 20.6 Å². The van der Waals surface area contributed by atoms with Crippen molar-refractivity contribution in [2.24, 2.45) is 5.73 Å². The molecular formula is C15H23N3O2. The van der Waals surface area contributed by atoms with Gasteiger partial charge in [-0.1, -0.05) is 24.3 Å². The first-order valence-corrected chi connectivity index (χ1v) is 7.03. The van der Waals surface area contributed by atoms with Crippen molar-refractivity contribution in [1.82, 2.24) is 9.80 Å². The van der Waals surface area contributed by atoms with E-state index in [1.807, 2.05) is 24.3 Å². The van der Waals surface area contributed by atoms with Crippen LogP contribution in [0.15, 0.2) is 24.3 Å². The van der Waals surface area contributed by atoms with Gasteiger partial charge in [-0.3, -0.25) is 0 Å². The normalized spacial score (nSPS) is 17.1. The highest BCUT2D eigenvalue weighted by Crippen LogP contribution is 2.18. The third-order valence-electron chi connectivity index (χ3n) is 3.97. The molecule has 0 bridgehead atoms. The number of carbonyl (C=O) groups is 1. The smallest absolute Gasteiger partial charge is 0.315 e. The van der Waals surface area contributed by atoms with Crippen LogP contribution < -0.4 is 5.73 Å². The van der Waals surface area contributed by atoms with Crippen LogP contribution in [0.3, 0.4) is 0 Å². The van der Waals surface area contributed by atoms with Gasteiger partial charge in [0.2, 0.25) is 0 Å². The summed E-state index contributed by atoms with van der Waals surface area (Å²) >= 11 is 0. The maximum Gasteiger partial charge on any atom is 0.315 e. The van der Waals surface area contributed by atoms with E-state index in [9.17, 15) is 4.79 Å². The van der Waals surface area contributed by atoms with Crippen LogP contribution in [0.4, 0.5) is 4.79 Å². The molecule has 1 aromatic rings. The Kier molecular flexibility index (Phi) is 4.98. The minimum absolute atomic E-state index is 0.0365. The molecule has 1 aliphatic heterocycles. The molecule has 0 spiro atoms. The highest BCUT2D eigenvalue weighted by atomic mass is 16.3. The Morgan fingerprint density at radius 1 is 1.30 bits per heavy atom. The lowest BCUT2D eigenvalue weighted by atomic mass is 10.0. The molecule has 2 rings (SSSR count). The van der Waals surface area contributed by atoms with E-state index in [0.29, 0.717) is 6.54 Å². The quantitative estimate of drug-likeness (QED) is 0.867. The van der Waals surface area contributed by atoms with Crippen LogP contribution in [0.1, 0.15) is 24.0 Å². The molecule has 5 heteroatoms. The van der Waals surface area contributed by atoms with E-state index in [2.05, 4.69) is 11.9 Å². The lowest BCUT2D eigenvalue weighted by Gasteiger charge is -2.36. The number of likely N-dealkylation sites (tertiary alicyclic amines) is 1. The third kappa shape index (κ3) is 3.71. The Morgan fingerprint density at radius 2 is 1.85 bits per heavy atom. The molecule has 20 heavy (non-hydrogen) atoms. The monoisotopic (exact) mass is 277 g/mol. The fourth-order valence-corrected chi connectivity index (χ4v) is 2.64. The summed E-state index contributed by atoms with van der Waals surface area (Å²) in [6.45, 7) is 2.57. The molecule has 0 saturated carbocycles. The predicted molar refractivity (Wildman–Crippen MR) is 78.0 cm³/mol. The Bertz CT molecular complexity index is 439. The number of carbonyl (C=O) groups excluding carboxylic acids is 1. The van der Waals surface area contributed by atoms with Crippen molar-refractivity contribution in [3.05, 3.63) is 35.4 Å². The highest BCUT2D eigenvalue weighted by molar-refractivity contribution is 5.72. The molecule has 1 aromatic carbocycles. The average molecular weight is 277 g/mol. The van der Waals surface area contributed by atoms with Gasteiger partial charge in [-0.05, 0) is 44.1 Å². The number of primary amides is 1. The Hall–Kier alpha value is -1.59. The van der Waals surface area contributed by atoms with E-state index >= 15 is 0 Å². The number of hydrogen-bond donors (Lipinski definition) is 2. The fourth-order valence-electron chi connectivity index (χ4n) is 2.64. The van der Waals surface area contributed by atoms with Crippen LogP contribution in [0.2, 0.25) is 0 Å². The third-order valence-corrected chi connectivity index (χ3v) is 3.97. The van der Waals surface area contributed by atoms with Gasteiger partial charge in [0.1, 0.15) is 0 Å². The molecule has 2 amide bonds. The topological polar surface area (TPSA) is 69.8 Å². The molecule has 0 aromatic heterocycles. The maximum absolute atomic E-state index is 11.7. The van der Waals surface area contributed by atoms with Crippen molar-refractivity contribution >= 4 is 6.03 Å². The number of nitrogens with two attached hydrogens (primary N) is 1. The minimum atomic E-state index is -0.356. The van der Waals surface area contributed by atoms with Gasteiger partial charge in [-0.25, -0.2) is 4.79 Å². The number of benzene rings is 1. The van der Waals surface area contributed by atoms with E-state index in [1.165, 1.54) is 0 Å². The minimum Gasteiger partial charge on any atom is -0.392 e. The Labute approximate surface area is 120 Å². The van der Waals surface area contributed by atoms with Crippen molar-refractivity contribution in [3.8, 4) is 0 Å². The summed E-state index contributed by atoms with van der Waals surface area (Å²) in [7, 11) is 2.10. The van der Waals surface area contributed by atoms with Crippen LogP contribution in [0.5, 0.6) is 0 Å². The lowest BCUT2D eigenvalue weighted by molar-refractivity contribution is 0.133. The summed E-state index contributed by atoms with van der Waals surface area (Å²) in [6, 6.07) is 7.51. The average Bonchev–Trinajstić information content (AvgIpc) is 2.46. The summed E-state index contributed by atoms with van der Waals surface area (Å²) in [4.78, 5) is 15.7. The van der Waals surface area contributed by atoms with Crippen LogP contribution in [-0.4, -0.2) is 47.1 Å². The summed E-state index contributed by atoms with van der Waals surface area (Å²) in [5.41, 5.74) is 7.45. The van der Waals surface area contributed by atoms with Crippen LogP contribution in [0.25, 0.3) is 0 Å². The van der Waals surface area contributed by atoms with E-state index < -0.39 is 0 Å². The number of hydrogen-bond acceptors (Lipinski definition) is 3. The second-order valence-electron chi connectivity index (χ2n) is 5.48. The molecule has 0 atom stereocenters. The molecule has 0 unspecified atom stereocenters. The van der Waals surface area contributed by atoms with E-state index in [1.54, 1.807) is 4.90 Å². The van der Waals surface area contributed by atoms with Gasteiger partial charge >= 0.3 is 6.03 Å². The fraction of sp³-hybridized carbons (Fsp3) is 0.533. The van der Waals surface area contributed by atoms with Crippen LogP contribution in [0, 0.1) is 0 Å². The molecule has 5 nitrogen and oxygen atoms in total. The van der Waals surface area contributed by atoms with Crippen molar-refractivity contribution in [2.75, 3.05) is 20.1 Å². The van der Waals surface area contributed by atoms with Crippen LogP contribution in [-0.2, 0) is 13.2 Å². The van der Waals surface area contributed by atoms with Crippen molar-refractivity contribution in [3.63, 3.8) is 0 Å².